The Hall–Kier alpha value is -2.01. The number of ether oxygens (including phenoxy) is 1. The van der Waals surface area contributed by atoms with E-state index >= 15 is 0 Å². The van der Waals surface area contributed by atoms with E-state index in [1.165, 1.54) is 10.9 Å². The Morgan fingerprint density at radius 1 is 1.55 bits per heavy atom. The highest BCUT2D eigenvalue weighted by Gasteiger charge is 2.26. The fraction of sp³-hybridized carbons (Fsp3) is 0.500. The Kier molecular flexibility index (Phi) is 3.99. The molecule has 0 amide bonds. The zero-order valence-corrected chi connectivity index (χ0v) is 10.6. The molecule has 0 radical (unpaired) electrons. The number of imidazole rings is 1. The van der Waals surface area contributed by atoms with Crippen LogP contribution in [-0.4, -0.2) is 54.0 Å². The summed E-state index contributed by atoms with van der Waals surface area (Å²) in [5.74, 6) is -0.0851. The lowest BCUT2D eigenvalue weighted by atomic mass is 10.2. The lowest BCUT2D eigenvalue weighted by molar-refractivity contribution is -0.204. The fourth-order valence-corrected chi connectivity index (χ4v) is 1.84. The van der Waals surface area contributed by atoms with Crippen LogP contribution in [0.5, 0.6) is 0 Å². The van der Waals surface area contributed by atoms with Crippen LogP contribution in [0.2, 0.25) is 0 Å². The number of anilines is 1. The monoisotopic (exact) mass is 285 g/mol. The first-order chi connectivity index (χ1) is 9.45. The first-order valence-corrected chi connectivity index (χ1v) is 5.76. The van der Waals surface area contributed by atoms with Gasteiger partial charge in [0.2, 0.25) is 5.95 Å². The SMILES string of the molecule is CC(C(O)C(O)OCO)n1cnc2c(=O)nc(N)[nH]c21. The maximum atomic E-state index is 11.6. The smallest absolute Gasteiger partial charge is 0.302 e. The average Bonchev–Trinajstić information content (AvgIpc) is 2.81. The van der Waals surface area contributed by atoms with Crippen molar-refractivity contribution >= 4 is 17.1 Å². The molecule has 10 heteroatoms. The number of aliphatic hydroxyl groups excluding tert-OH is 3. The van der Waals surface area contributed by atoms with E-state index in [4.69, 9.17) is 10.8 Å². The number of aliphatic hydroxyl groups is 3. The summed E-state index contributed by atoms with van der Waals surface area (Å²) in [6, 6.07) is -0.695. The number of fused-ring (bicyclic) bond motifs is 1. The van der Waals surface area contributed by atoms with Crippen molar-refractivity contribution in [3.8, 4) is 0 Å². The van der Waals surface area contributed by atoms with Crippen molar-refractivity contribution in [2.75, 3.05) is 12.5 Å². The summed E-state index contributed by atoms with van der Waals surface area (Å²) in [4.78, 5) is 21.6. The van der Waals surface area contributed by atoms with E-state index in [9.17, 15) is 15.0 Å². The summed E-state index contributed by atoms with van der Waals surface area (Å²) >= 11 is 0. The third kappa shape index (κ3) is 2.49. The van der Waals surface area contributed by atoms with Crippen LogP contribution < -0.4 is 11.3 Å². The zero-order valence-electron chi connectivity index (χ0n) is 10.6. The van der Waals surface area contributed by atoms with E-state index < -0.39 is 30.8 Å². The molecule has 0 saturated heterocycles. The molecule has 2 rings (SSSR count). The Balaban J connectivity index is 2.40. The normalized spacial score (nSPS) is 16.2. The molecule has 0 saturated carbocycles. The number of nitrogens with one attached hydrogen (secondary N) is 1. The van der Waals surface area contributed by atoms with Crippen LogP contribution in [-0.2, 0) is 4.74 Å². The standard InChI is InChI=1S/C10H15N5O5/c1-4(6(17)9(19)20-3-16)15-2-12-5-7(15)13-10(11)14-8(5)18/h2,4,6,9,16-17,19H,3H2,1H3,(H3,11,13,14,18). The number of aromatic amines is 1. The highest BCUT2D eigenvalue weighted by molar-refractivity contribution is 5.70. The molecular weight excluding hydrogens is 270 g/mol. The number of nitrogens with zero attached hydrogens (tertiary/aromatic N) is 3. The molecule has 2 heterocycles. The third-order valence-corrected chi connectivity index (χ3v) is 2.94. The first kappa shape index (κ1) is 14.4. The minimum absolute atomic E-state index is 0.0656. The maximum absolute atomic E-state index is 11.6. The van der Waals surface area contributed by atoms with E-state index in [0.717, 1.165) is 0 Å². The molecule has 0 aliphatic heterocycles. The van der Waals surface area contributed by atoms with Gasteiger partial charge in [0.15, 0.2) is 11.8 Å². The van der Waals surface area contributed by atoms with Crippen molar-refractivity contribution in [1.29, 1.82) is 0 Å². The predicted octanol–water partition coefficient (Wildman–Crippen LogP) is -2.09. The van der Waals surface area contributed by atoms with Crippen molar-refractivity contribution in [1.82, 2.24) is 19.5 Å². The molecule has 0 bridgehead atoms. The molecule has 0 spiro atoms. The second-order valence-corrected chi connectivity index (χ2v) is 4.19. The molecule has 3 unspecified atom stereocenters. The molecule has 0 aromatic carbocycles. The second-order valence-electron chi connectivity index (χ2n) is 4.19. The van der Waals surface area contributed by atoms with Gasteiger partial charge in [0.25, 0.3) is 0 Å². The summed E-state index contributed by atoms with van der Waals surface area (Å²) < 4.78 is 5.92. The van der Waals surface area contributed by atoms with E-state index in [-0.39, 0.29) is 17.1 Å². The van der Waals surface area contributed by atoms with Crippen molar-refractivity contribution < 1.29 is 20.1 Å². The minimum atomic E-state index is -1.58. The van der Waals surface area contributed by atoms with Gasteiger partial charge in [-0.25, -0.2) is 4.98 Å². The number of nitrogen functional groups attached to an aromatic ring is 1. The van der Waals surface area contributed by atoms with Gasteiger partial charge in [0.1, 0.15) is 18.5 Å². The summed E-state index contributed by atoms with van der Waals surface area (Å²) in [6.07, 6.45) is -1.63. The number of aromatic nitrogens is 4. The van der Waals surface area contributed by atoms with Crippen LogP contribution >= 0.6 is 0 Å². The predicted molar refractivity (Wildman–Crippen MR) is 67.5 cm³/mol. The average molecular weight is 285 g/mol. The van der Waals surface area contributed by atoms with Crippen molar-refractivity contribution in [3.05, 3.63) is 16.7 Å². The van der Waals surface area contributed by atoms with E-state index in [1.54, 1.807) is 6.92 Å². The highest BCUT2D eigenvalue weighted by atomic mass is 16.7. The third-order valence-electron chi connectivity index (χ3n) is 2.94. The lowest BCUT2D eigenvalue weighted by Crippen LogP contribution is -2.35. The van der Waals surface area contributed by atoms with Gasteiger partial charge in [-0.3, -0.25) is 4.79 Å². The summed E-state index contributed by atoms with van der Waals surface area (Å²) in [7, 11) is 0. The molecule has 0 aliphatic rings. The maximum Gasteiger partial charge on any atom is 0.302 e. The van der Waals surface area contributed by atoms with Gasteiger partial charge in [0.05, 0.1) is 12.4 Å². The van der Waals surface area contributed by atoms with Crippen LogP contribution in [0.15, 0.2) is 11.1 Å². The topological polar surface area (TPSA) is 160 Å². The Morgan fingerprint density at radius 3 is 2.90 bits per heavy atom. The van der Waals surface area contributed by atoms with Gasteiger partial charge >= 0.3 is 5.56 Å². The molecular formula is C10H15N5O5. The van der Waals surface area contributed by atoms with Crippen LogP contribution in [0.1, 0.15) is 13.0 Å². The van der Waals surface area contributed by atoms with E-state index in [1.807, 2.05) is 0 Å². The van der Waals surface area contributed by atoms with Crippen LogP contribution in [0.4, 0.5) is 5.95 Å². The summed E-state index contributed by atoms with van der Waals surface area (Å²) in [5, 5.41) is 28.0. The first-order valence-electron chi connectivity index (χ1n) is 5.76. The molecule has 3 atom stereocenters. The van der Waals surface area contributed by atoms with Gasteiger partial charge < -0.3 is 35.3 Å². The number of H-pyrrole nitrogens is 1. The molecule has 2 aromatic rings. The quantitative estimate of drug-likeness (QED) is 0.391. The van der Waals surface area contributed by atoms with Gasteiger partial charge in [-0.1, -0.05) is 0 Å². The molecule has 0 aliphatic carbocycles. The van der Waals surface area contributed by atoms with Crippen molar-refractivity contribution in [3.63, 3.8) is 0 Å². The summed E-state index contributed by atoms with van der Waals surface area (Å²) in [5.41, 5.74) is 5.20. The number of hydrogen-bond donors (Lipinski definition) is 5. The second kappa shape index (κ2) is 5.54. The van der Waals surface area contributed by atoms with Crippen LogP contribution in [0.3, 0.4) is 0 Å². The molecule has 110 valence electrons. The highest BCUT2D eigenvalue weighted by Crippen LogP contribution is 2.19. The zero-order chi connectivity index (χ0) is 14.9. The van der Waals surface area contributed by atoms with Gasteiger partial charge in [-0.15, -0.1) is 0 Å². The Labute approximate surface area is 112 Å². The van der Waals surface area contributed by atoms with Gasteiger partial charge in [0, 0.05) is 0 Å². The molecule has 20 heavy (non-hydrogen) atoms. The minimum Gasteiger partial charge on any atom is -0.386 e. The van der Waals surface area contributed by atoms with Crippen molar-refractivity contribution in [2.24, 2.45) is 0 Å². The van der Waals surface area contributed by atoms with Crippen LogP contribution in [0, 0.1) is 0 Å². The largest absolute Gasteiger partial charge is 0.386 e. The van der Waals surface area contributed by atoms with Crippen molar-refractivity contribution in [2.45, 2.75) is 25.4 Å². The molecule has 2 aromatic heterocycles. The number of hydrogen-bond acceptors (Lipinski definition) is 8. The Bertz CT molecular complexity index is 653. The van der Waals surface area contributed by atoms with E-state index in [2.05, 4.69) is 19.7 Å². The Morgan fingerprint density at radius 2 is 2.25 bits per heavy atom. The van der Waals surface area contributed by atoms with Gasteiger partial charge in [-0.2, -0.15) is 4.98 Å². The lowest BCUT2D eigenvalue weighted by Gasteiger charge is -2.24. The number of nitrogens with two attached hydrogens (primary N) is 1. The molecule has 10 nitrogen and oxygen atoms in total. The summed E-state index contributed by atoms with van der Waals surface area (Å²) in [6.45, 7) is 0.841. The number of rotatable bonds is 5. The van der Waals surface area contributed by atoms with Gasteiger partial charge in [-0.05, 0) is 6.92 Å². The van der Waals surface area contributed by atoms with E-state index in [0.29, 0.717) is 0 Å². The molecule has 6 N–H and O–H groups in total. The molecule has 0 fully saturated rings. The van der Waals surface area contributed by atoms with Crippen LogP contribution in [0.25, 0.3) is 11.2 Å². The fourth-order valence-electron chi connectivity index (χ4n) is 1.84.